The third-order valence-corrected chi connectivity index (χ3v) is 5.01. The largest absolute Gasteiger partial charge is 0.363 e. The lowest BCUT2D eigenvalue weighted by Gasteiger charge is -2.23. The Morgan fingerprint density at radius 3 is 2.67 bits per heavy atom. The average Bonchev–Trinajstić information content (AvgIpc) is 2.96. The van der Waals surface area contributed by atoms with E-state index in [1.165, 1.54) is 23.1 Å². The molecule has 1 aromatic heterocycles. The zero-order valence-electron chi connectivity index (χ0n) is 12.2. The number of nitrogens with zero attached hydrogens (tertiary/aromatic N) is 3. The topological polar surface area (TPSA) is 58.1 Å². The van der Waals surface area contributed by atoms with Gasteiger partial charge in [-0.3, -0.25) is 4.79 Å². The smallest absolute Gasteiger partial charge is 0.240 e. The van der Waals surface area contributed by atoms with Crippen LogP contribution in [0.2, 0.25) is 0 Å². The van der Waals surface area contributed by atoms with Crippen LogP contribution in [0.3, 0.4) is 0 Å². The molecule has 5 nitrogen and oxygen atoms in total. The number of hydrogen-bond donors (Lipinski definition) is 1. The average molecular weight is 322 g/mol. The van der Waals surface area contributed by atoms with Crippen LogP contribution in [0, 0.1) is 0 Å². The number of thioether (sulfide) groups is 1. The molecule has 2 aromatic rings. The lowest BCUT2D eigenvalue weighted by Crippen LogP contribution is -2.36. The highest BCUT2D eigenvalue weighted by atomic mass is 32.2. The molecule has 0 aliphatic carbocycles. The summed E-state index contributed by atoms with van der Waals surface area (Å²) in [7, 11) is 1.80. The fourth-order valence-corrected chi connectivity index (χ4v) is 3.76. The molecule has 1 N–H and O–H groups in total. The Labute approximate surface area is 132 Å². The summed E-state index contributed by atoms with van der Waals surface area (Å²) < 4.78 is 0.796. The summed E-state index contributed by atoms with van der Waals surface area (Å²) in [5, 5.41) is 11.5. The van der Waals surface area contributed by atoms with Gasteiger partial charge in [0.15, 0.2) is 4.34 Å². The quantitative estimate of drug-likeness (QED) is 0.828. The zero-order valence-corrected chi connectivity index (χ0v) is 13.9. The van der Waals surface area contributed by atoms with Crippen molar-refractivity contribution in [1.82, 2.24) is 10.2 Å². The molecular formula is C14H18N4OS2. The predicted molar refractivity (Wildman–Crippen MR) is 89.2 cm³/mol. The monoisotopic (exact) mass is 322 g/mol. The van der Waals surface area contributed by atoms with Crippen LogP contribution in [-0.4, -0.2) is 34.9 Å². The Morgan fingerprint density at radius 2 is 2.10 bits per heavy atom. The van der Waals surface area contributed by atoms with Crippen molar-refractivity contribution in [3.8, 4) is 0 Å². The van der Waals surface area contributed by atoms with Crippen molar-refractivity contribution in [2.75, 3.05) is 23.8 Å². The molecule has 0 aliphatic heterocycles. The van der Waals surface area contributed by atoms with E-state index in [0.29, 0.717) is 6.54 Å². The minimum Gasteiger partial charge on any atom is -0.363 e. The molecule has 0 unspecified atom stereocenters. The minimum atomic E-state index is -0.206. The van der Waals surface area contributed by atoms with Gasteiger partial charge >= 0.3 is 0 Å². The molecule has 112 valence electrons. The molecular weight excluding hydrogens is 304 g/mol. The van der Waals surface area contributed by atoms with Crippen LogP contribution >= 0.6 is 23.1 Å². The SMILES string of the molecule is CCN(C(=O)[C@H](C)Sc1nnc(NC)s1)c1ccccc1. The maximum Gasteiger partial charge on any atom is 0.240 e. The molecule has 0 bridgehead atoms. The van der Waals surface area contributed by atoms with Crippen LogP contribution in [0.5, 0.6) is 0 Å². The van der Waals surface area contributed by atoms with Gasteiger partial charge in [-0.1, -0.05) is 41.3 Å². The predicted octanol–water partition coefficient (Wildman–Crippen LogP) is 3.11. The van der Waals surface area contributed by atoms with Gasteiger partial charge < -0.3 is 10.2 Å². The number of carbonyl (C=O) groups is 1. The summed E-state index contributed by atoms with van der Waals surface area (Å²) in [5.74, 6) is 0.0786. The number of hydrogen-bond acceptors (Lipinski definition) is 6. The fourth-order valence-electron chi connectivity index (χ4n) is 1.85. The second-order valence-corrected chi connectivity index (χ2v) is 6.87. The number of rotatable bonds is 6. The Morgan fingerprint density at radius 1 is 1.38 bits per heavy atom. The maximum absolute atomic E-state index is 12.6. The highest BCUT2D eigenvalue weighted by molar-refractivity contribution is 8.02. The Kier molecular flexibility index (Phi) is 5.58. The van der Waals surface area contributed by atoms with Crippen LogP contribution in [-0.2, 0) is 4.79 Å². The first-order valence-corrected chi connectivity index (χ1v) is 8.39. The Bertz CT molecular complexity index is 588. The maximum atomic E-state index is 12.6. The second kappa shape index (κ2) is 7.42. The van der Waals surface area contributed by atoms with Crippen molar-refractivity contribution in [3.05, 3.63) is 30.3 Å². The van der Waals surface area contributed by atoms with Crippen LogP contribution < -0.4 is 10.2 Å². The van der Waals surface area contributed by atoms with E-state index in [1.807, 2.05) is 44.2 Å². The van der Waals surface area contributed by atoms with Gasteiger partial charge in [-0.25, -0.2) is 0 Å². The van der Waals surface area contributed by atoms with Crippen LogP contribution in [0.1, 0.15) is 13.8 Å². The van der Waals surface area contributed by atoms with E-state index in [9.17, 15) is 4.79 Å². The lowest BCUT2D eigenvalue weighted by atomic mass is 10.2. The van der Waals surface area contributed by atoms with E-state index in [-0.39, 0.29) is 11.2 Å². The number of carbonyl (C=O) groups excluding carboxylic acids is 1. The van der Waals surface area contributed by atoms with Gasteiger partial charge in [0.2, 0.25) is 11.0 Å². The third kappa shape index (κ3) is 3.95. The number of anilines is 2. The van der Waals surface area contributed by atoms with Gasteiger partial charge in [-0.2, -0.15) is 0 Å². The summed E-state index contributed by atoms with van der Waals surface area (Å²) in [6.45, 7) is 4.52. The van der Waals surface area contributed by atoms with E-state index in [1.54, 1.807) is 11.9 Å². The van der Waals surface area contributed by atoms with Gasteiger partial charge in [0.05, 0.1) is 5.25 Å². The molecule has 0 saturated heterocycles. The highest BCUT2D eigenvalue weighted by Gasteiger charge is 2.23. The van der Waals surface area contributed by atoms with Gasteiger partial charge in [-0.15, -0.1) is 10.2 Å². The van der Waals surface area contributed by atoms with Gasteiger partial charge in [-0.05, 0) is 26.0 Å². The van der Waals surface area contributed by atoms with Gasteiger partial charge in [0.25, 0.3) is 0 Å². The van der Waals surface area contributed by atoms with Crippen molar-refractivity contribution in [2.45, 2.75) is 23.4 Å². The number of para-hydroxylation sites is 1. The standard InChI is InChI=1S/C14H18N4OS2/c1-4-18(11-8-6-5-7-9-11)12(19)10(2)20-14-17-16-13(15-3)21-14/h5-10H,4H2,1-3H3,(H,15,16)/t10-/m0/s1. The molecule has 21 heavy (non-hydrogen) atoms. The van der Waals surface area contributed by atoms with Crippen molar-refractivity contribution in [3.63, 3.8) is 0 Å². The molecule has 1 amide bonds. The molecule has 0 aliphatic rings. The van der Waals surface area contributed by atoms with Crippen molar-refractivity contribution in [1.29, 1.82) is 0 Å². The third-order valence-electron chi connectivity index (χ3n) is 2.90. The molecule has 2 rings (SSSR count). The minimum absolute atomic E-state index is 0.0786. The number of nitrogens with one attached hydrogen (secondary N) is 1. The zero-order chi connectivity index (χ0) is 15.2. The van der Waals surface area contributed by atoms with E-state index in [4.69, 9.17) is 0 Å². The fraction of sp³-hybridized carbons (Fsp3) is 0.357. The Hall–Kier alpha value is -1.60. The summed E-state index contributed by atoms with van der Waals surface area (Å²) in [5.41, 5.74) is 0.922. The van der Waals surface area contributed by atoms with Crippen molar-refractivity contribution >= 4 is 39.8 Å². The van der Waals surface area contributed by atoms with Crippen LogP contribution in [0.25, 0.3) is 0 Å². The van der Waals surface area contributed by atoms with Crippen LogP contribution in [0.15, 0.2) is 34.7 Å². The first kappa shape index (κ1) is 15.8. The van der Waals surface area contributed by atoms with E-state index >= 15 is 0 Å². The molecule has 7 heteroatoms. The summed E-state index contributed by atoms with van der Waals surface area (Å²) >= 11 is 2.89. The molecule has 1 aromatic carbocycles. The molecule has 1 atom stereocenters. The normalized spacial score (nSPS) is 12.0. The van der Waals surface area contributed by atoms with E-state index < -0.39 is 0 Å². The number of benzene rings is 1. The van der Waals surface area contributed by atoms with Crippen molar-refractivity contribution in [2.24, 2.45) is 0 Å². The molecule has 0 radical (unpaired) electrons. The van der Waals surface area contributed by atoms with Gasteiger partial charge in [0.1, 0.15) is 0 Å². The second-order valence-electron chi connectivity index (χ2n) is 4.30. The number of aromatic nitrogens is 2. The number of amides is 1. The molecule has 1 heterocycles. The Balaban J connectivity index is 2.06. The van der Waals surface area contributed by atoms with Crippen molar-refractivity contribution < 1.29 is 4.79 Å². The summed E-state index contributed by atoms with van der Waals surface area (Å²) in [4.78, 5) is 14.4. The van der Waals surface area contributed by atoms with E-state index in [0.717, 1.165) is 15.2 Å². The molecule has 0 saturated carbocycles. The lowest BCUT2D eigenvalue weighted by molar-refractivity contribution is -0.117. The summed E-state index contributed by atoms with van der Waals surface area (Å²) in [6, 6.07) is 9.71. The first-order chi connectivity index (χ1) is 10.2. The highest BCUT2D eigenvalue weighted by Crippen LogP contribution is 2.30. The first-order valence-electron chi connectivity index (χ1n) is 6.70. The molecule has 0 fully saturated rings. The van der Waals surface area contributed by atoms with E-state index in [2.05, 4.69) is 15.5 Å². The molecule has 0 spiro atoms. The van der Waals surface area contributed by atoms with Gasteiger partial charge in [0, 0.05) is 19.3 Å². The summed E-state index contributed by atoms with van der Waals surface area (Å²) in [6.07, 6.45) is 0. The van der Waals surface area contributed by atoms with Crippen LogP contribution in [0.4, 0.5) is 10.8 Å².